The Morgan fingerprint density at radius 1 is 1.03 bits per heavy atom. The van der Waals surface area contributed by atoms with E-state index in [4.69, 9.17) is 18.8 Å². The van der Waals surface area contributed by atoms with Gasteiger partial charge in [-0.15, -0.1) is 0 Å². The van der Waals surface area contributed by atoms with Crippen molar-refractivity contribution >= 4 is 18.7 Å². The molecule has 1 aliphatic heterocycles. The van der Waals surface area contributed by atoms with Gasteiger partial charge in [-0.3, -0.25) is 0 Å². The predicted molar refractivity (Wildman–Crippen MR) is 141 cm³/mol. The number of amides is 1. The van der Waals surface area contributed by atoms with Gasteiger partial charge in [0.2, 0.25) is 0 Å². The number of hydrogen-bond acceptors (Lipinski definition) is 5. The van der Waals surface area contributed by atoms with Gasteiger partial charge in [-0.1, -0.05) is 30.3 Å². The number of ether oxygens (including phenoxy) is 2. The van der Waals surface area contributed by atoms with Gasteiger partial charge in [-0.2, -0.15) is 0 Å². The molecule has 196 valence electrons. The number of rotatable bonds is 8. The van der Waals surface area contributed by atoms with Crippen molar-refractivity contribution in [1.29, 1.82) is 0 Å². The summed E-state index contributed by atoms with van der Waals surface area (Å²) < 4.78 is 38.6. The second kappa shape index (κ2) is 10.8. The molecule has 1 amide bonds. The number of unbranched alkanes of at least 4 members (excludes halogenated alkanes) is 1. The maximum Gasteiger partial charge on any atom is 0.497 e. The molecule has 0 N–H and O–H groups in total. The Balaban J connectivity index is 1.60. The minimum absolute atomic E-state index is 0.334. The zero-order valence-corrected chi connectivity index (χ0v) is 22.8. The molecule has 0 spiro atoms. The number of carbonyl (C=O) groups excluding carboxylic acids is 1. The summed E-state index contributed by atoms with van der Waals surface area (Å²) in [7, 11) is 0.973. The van der Waals surface area contributed by atoms with E-state index in [1.54, 1.807) is 18.0 Å². The molecule has 1 saturated heterocycles. The van der Waals surface area contributed by atoms with Crippen molar-refractivity contribution in [2.45, 2.75) is 78.1 Å². The van der Waals surface area contributed by atoms with Crippen LogP contribution in [-0.4, -0.2) is 55.1 Å². The van der Waals surface area contributed by atoms with Crippen LogP contribution in [0.3, 0.4) is 0 Å². The monoisotopic (exact) mass is 499 g/mol. The molecule has 2 aromatic carbocycles. The molecule has 2 aromatic rings. The highest BCUT2D eigenvalue weighted by Crippen LogP contribution is 2.37. The van der Waals surface area contributed by atoms with E-state index in [9.17, 15) is 4.79 Å². The second-order valence-electron chi connectivity index (χ2n) is 11.3. The lowest BCUT2D eigenvalue weighted by Gasteiger charge is -2.32. The largest absolute Gasteiger partial charge is 0.497 e. The van der Waals surface area contributed by atoms with Crippen molar-refractivity contribution in [3.8, 4) is 16.9 Å². The van der Waals surface area contributed by atoms with Crippen LogP contribution < -0.4 is 10.2 Å². The van der Waals surface area contributed by atoms with Crippen LogP contribution in [0.2, 0.25) is 0 Å². The first-order valence-corrected chi connectivity index (χ1v) is 12.5. The summed E-state index contributed by atoms with van der Waals surface area (Å²) in [5.41, 5.74) is 0.316. The highest BCUT2D eigenvalue weighted by atomic mass is 19.1. The molecule has 6 nitrogen and oxygen atoms in total. The first-order valence-electron chi connectivity index (χ1n) is 12.5. The Morgan fingerprint density at radius 3 is 2.28 bits per heavy atom. The lowest BCUT2D eigenvalue weighted by Crippen LogP contribution is -2.41. The summed E-state index contributed by atoms with van der Waals surface area (Å²) in [5, 5.41) is 0. The fourth-order valence-electron chi connectivity index (χ4n) is 3.75. The first kappa shape index (κ1) is 28.0. The quantitative estimate of drug-likeness (QED) is 0.339. The summed E-state index contributed by atoms with van der Waals surface area (Å²) in [6.45, 7) is 14.4. The zero-order chi connectivity index (χ0) is 26.7. The van der Waals surface area contributed by atoms with Gasteiger partial charge in [0.1, 0.15) is 17.2 Å². The number of para-hydroxylation sites is 1. The molecule has 0 saturated carbocycles. The molecule has 0 aliphatic carbocycles. The Morgan fingerprint density at radius 2 is 1.67 bits per heavy atom. The Labute approximate surface area is 215 Å². The van der Waals surface area contributed by atoms with Gasteiger partial charge < -0.3 is 23.7 Å². The molecule has 36 heavy (non-hydrogen) atoms. The minimum atomic E-state index is -0.755. The molecule has 1 aliphatic rings. The summed E-state index contributed by atoms with van der Waals surface area (Å²) >= 11 is 0. The standard InChI is InChI=1S/C28H39BFNO5/c1-26(2,3)34-25(32)31(8)17-11-12-18-33-24-14-10-9-13-21(24)20-15-16-22(23(30)19-20)29-35-27(4,5)28(6,7)36-29/h9-10,13-16,19H,11-12,17-18H2,1-8H3. The molecule has 0 atom stereocenters. The van der Waals surface area contributed by atoms with E-state index in [0.29, 0.717) is 29.9 Å². The van der Waals surface area contributed by atoms with E-state index < -0.39 is 23.9 Å². The van der Waals surface area contributed by atoms with Gasteiger partial charge in [-0.05, 0) is 79.0 Å². The predicted octanol–water partition coefficient (Wildman–Crippen LogP) is 5.82. The van der Waals surface area contributed by atoms with Crippen molar-refractivity contribution in [1.82, 2.24) is 4.90 Å². The van der Waals surface area contributed by atoms with Gasteiger partial charge in [0.15, 0.2) is 0 Å². The summed E-state index contributed by atoms with van der Waals surface area (Å²) in [5.74, 6) is 0.298. The molecule has 1 heterocycles. The molecule has 0 unspecified atom stereocenters. The summed E-state index contributed by atoms with van der Waals surface area (Å²) in [6.07, 6.45) is 1.20. The fraction of sp³-hybridized carbons (Fsp3) is 0.536. The van der Waals surface area contributed by atoms with Crippen LogP contribution in [0.25, 0.3) is 11.1 Å². The van der Waals surface area contributed by atoms with Crippen molar-refractivity contribution in [2.24, 2.45) is 0 Å². The lowest BCUT2D eigenvalue weighted by atomic mass is 9.78. The first-order chi connectivity index (χ1) is 16.7. The third-order valence-corrected chi connectivity index (χ3v) is 6.56. The van der Waals surface area contributed by atoms with Gasteiger partial charge in [0.25, 0.3) is 0 Å². The number of carbonyl (C=O) groups is 1. The lowest BCUT2D eigenvalue weighted by molar-refractivity contribution is 0.00578. The smallest absolute Gasteiger partial charge is 0.493 e. The van der Waals surface area contributed by atoms with Gasteiger partial charge in [0.05, 0.1) is 17.8 Å². The third-order valence-electron chi connectivity index (χ3n) is 6.56. The van der Waals surface area contributed by atoms with E-state index in [0.717, 1.165) is 18.4 Å². The maximum absolute atomic E-state index is 15.2. The summed E-state index contributed by atoms with van der Waals surface area (Å²) in [4.78, 5) is 13.6. The normalized spacial score (nSPS) is 16.6. The molecular weight excluding hydrogens is 460 g/mol. The molecular formula is C28H39BFNO5. The summed E-state index contributed by atoms with van der Waals surface area (Å²) in [6, 6.07) is 12.7. The van der Waals surface area contributed by atoms with Crippen LogP contribution in [0.4, 0.5) is 9.18 Å². The van der Waals surface area contributed by atoms with Crippen molar-refractivity contribution in [3.63, 3.8) is 0 Å². The van der Waals surface area contributed by atoms with Crippen molar-refractivity contribution in [3.05, 3.63) is 48.3 Å². The topological polar surface area (TPSA) is 57.2 Å². The zero-order valence-electron chi connectivity index (χ0n) is 22.8. The molecule has 8 heteroatoms. The Kier molecular flexibility index (Phi) is 8.41. The highest BCUT2D eigenvalue weighted by Gasteiger charge is 2.52. The minimum Gasteiger partial charge on any atom is -0.493 e. The maximum atomic E-state index is 15.2. The highest BCUT2D eigenvalue weighted by molar-refractivity contribution is 6.62. The number of hydrogen-bond donors (Lipinski definition) is 0. The van der Waals surface area contributed by atoms with E-state index in [1.807, 2.05) is 78.8 Å². The van der Waals surface area contributed by atoms with E-state index >= 15 is 4.39 Å². The van der Waals surface area contributed by atoms with Crippen molar-refractivity contribution in [2.75, 3.05) is 20.2 Å². The second-order valence-corrected chi connectivity index (χ2v) is 11.3. The molecule has 0 radical (unpaired) electrons. The van der Waals surface area contributed by atoms with Gasteiger partial charge in [-0.25, -0.2) is 9.18 Å². The fourth-order valence-corrected chi connectivity index (χ4v) is 3.75. The molecule has 0 bridgehead atoms. The van der Waals surface area contributed by atoms with Crippen LogP contribution in [0.1, 0.15) is 61.3 Å². The van der Waals surface area contributed by atoms with Gasteiger partial charge in [0, 0.05) is 24.6 Å². The average molecular weight is 499 g/mol. The molecule has 0 aromatic heterocycles. The average Bonchev–Trinajstić information content (AvgIpc) is 2.99. The van der Waals surface area contributed by atoms with E-state index in [2.05, 4.69) is 0 Å². The van der Waals surface area contributed by atoms with Crippen LogP contribution in [0, 0.1) is 5.82 Å². The van der Waals surface area contributed by atoms with E-state index in [1.165, 1.54) is 6.07 Å². The number of nitrogens with zero attached hydrogens (tertiary/aromatic N) is 1. The molecule has 1 fully saturated rings. The Hall–Kier alpha value is -2.58. The SMILES string of the molecule is CN(CCCCOc1ccccc1-c1ccc(B2OC(C)(C)C(C)(C)O2)c(F)c1)C(=O)OC(C)(C)C. The van der Waals surface area contributed by atoms with Crippen LogP contribution in [0.5, 0.6) is 5.75 Å². The van der Waals surface area contributed by atoms with Crippen LogP contribution >= 0.6 is 0 Å². The molecule has 3 rings (SSSR count). The Bertz CT molecular complexity index is 1050. The van der Waals surface area contributed by atoms with Crippen LogP contribution in [0.15, 0.2) is 42.5 Å². The number of halogens is 1. The van der Waals surface area contributed by atoms with Crippen LogP contribution in [-0.2, 0) is 14.0 Å². The van der Waals surface area contributed by atoms with Gasteiger partial charge >= 0.3 is 13.2 Å². The van der Waals surface area contributed by atoms with E-state index in [-0.39, 0.29) is 11.9 Å². The third kappa shape index (κ3) is 6.80. The number of benzene rings is 2. The van der Waals surface area contributed by atoms with Crippen molar-refractivity contribution < 1.29 is 28.0 Å².